The summed E-state index contributed by atoms with van der Waals surface area (Å²) in [5.41, 5.74) is 0. The highest BCUT2D eigenvalue weighted by atomic mass is 15.3. The van der Waals surface area contributed by atoms with Crippen LogP contribution in [0.4, 0.5) is 0 Å². The molecule has 0 aromatic heterocycles. The first kappa shape index (κ1) is 17.2. The zero-order valence-electron chi connectivity index (χ0n) is 15.1. The second-order valence-corrected chi connectivity index (χ2v) is 8.07. The van der Waals surface area contributed by atoms with Crippen molar-refractivity contribution >= 4 is 0 Å². The van der Waals surface area contributed by atoms with Crippen LogP contribution in [-0.4, -0.2) is 61.7 Å². The second-order valence-electron chi connectivity index (χ2n) is 8.07. The Morgan fingerprint density at radius 2 is 1.76 bits per heavy atom. The monoisotopic (exact) mass is 295 g/mol. The minimum Gasteiger partial charge on any atom is -0.312 e. The van der Waals surface area contributed by atoms with Gasteiger partial charge in [0.1, 0.15) is 0 Å². The molecule has 1 heterocycles. The number of rotatable bonds is 5. The first-order chi connectivity index (χ1) is 9.93. The Balaban J connectivity index is 2.07. The second kappa shape index (κ2) is 7.43. The fourth-order valence-electron chi connectivity index (χ4n) is 4.89. The summed E-state index contributed by atoms with van der Waals surface area (Å²) in [7, 11) is 4.48. The lowest BCUT2D eigenvalue weighted by molar-refractivity contribution is 0.0734. The number of hydrogen-bond acceptors (Lipinski definition) is 3. The maximum absolute atomic E-state index is 3.86. The minimum atomic E-state index is 0.691. The Hall–Kier alpha value is -0.120. The molecule has 0 aromatic carbocycles. The van der Waals surface area contributed by atoms with E-state index in [0.29, 0.717) is 6.04 Å². The first-order valence-electron chi connectivity index (χ1n) is 9.07. The van der Waals surface area contributed by atoms with Gasteiger partial charge < -0.3 is 10.2 Å². The molecule has 0 aromatic rings. The van der Waals surface area contributed by atoms with E-state index in [2.05, 4.69) is 56.9 Å². The van der Waals surface area contributed by atoms with Crippen LogP contribution in [0.1, 0.15) is 47.0 Å². The van der Waals surface area contributed by atoms with E-state index in [1.807, 2.05) is 0 Å². The Morgan fingerprint density at radius 1 is 1.05 bits per heavy atom. The molecule has 1 aliphatic heterocycles. The van der Waals surface area contributed by atoms with Gasteiger partial charge in [-0.2, -0.15) is 0 Å². The van der Waals surface area contributed by atoms with E-state index >= 15 is 0 Å². The quantitative estimate of drug-likeness (QED) is 0.841. The topological polar surface area (TPSA) is 18.5 Å². The van der Waals surface area contributed by atoms with Crippen LogP contribution in [0.3, 0.4) is 0 Å². The van der Waals surface area contributed by atoms with Crippen LogP contribution < -0.4 is 5.32 Å². The van der Waals surface area contributed by atoms with Gasteiger partial charge in [-0.15, -0.1) is 0 Å². The number of likely N-dealkylation sites (N-methyl/N-ethyl adjacent to an activating group) is 1. The summed E-state index contributed by atoms with van der Waals surface area (Å²) in [4.78, 5) is 5.23. The van der Waals surface area contributed by atoms with Crippen LogP contribution in [0.15, 0.2) is 0 Å². The number of nitrogens with one attached hydrogen (secondary N) is 1. The summed E-state index contributed by atoms with van der Waals surface area (Å²) in [5.74, 6) is 2.48. The van der Waals surface area contributed by atoms with Crippen LogP contribution in [0.2, 0.25) is 0 Å². The van der Waals surface area contributed by atoms with Crippen LogP contribution in [0.5, 0.6) is 0 Å². The lowest BCUT2D eigenvalue weighted by Gasteiger charge is -2.45. The van der Waals surface area contributed by atoms with Gasteiger partial charge in [0.15, 0.2) is 0 Å². The van der Waals surface area contributed by atoms with Crippen molar-refractivity contribution in [2.75, 3.05) is 33.7 Å². The van der Waals surface area contributed by atoms with E-state index < -0.39 is 0 Å². The van der Waals surface area contributed by atoms with Crippen molar-refractivity contribution in [3.63, 3.8) is 0 Å². The maximum Gasteiger partial charge on any atom is 0.0275 e. The van der Waals surface area contributed by atoms with Gasteiger partial charge >= 0.3 is 0 Å². The maximum atomic E-state index is 3.86. The molecule has 2 aliphatic rings. The molecule has 1 N–H and O–H groups in total. The Bertz CT molecular complexity index is 318. The van der Waals surface area contributed by atoms with Gasteiger partial charge in [0.05, 0.1) is 0 Å². The highest BCUT2D eigenvalue weighted by molar-refractivity contribution is 4.99. The largest absolute Gasteiger partial charge is 0.312 e. The Kier molecular flexibility index (Phi) is 6.10. The molecule has 2 fully saturated rings. The zero-order valence-corrected chi connectivity index (χ0v) is 15.1. The third-order valence-corrected chi connectivity index (χ3v) is 5.77. The molecule has 6 unspecified atom stereocenters. The van der Waals surface area contributed by atoms with Crippen LogP contribution in [0, 0.1) is 17.8 Å². The van der Waals surface area contributed by atoms with Gasteiger partial charge in [-0.3, -0.25) is 4.90 Å². The van der Waals surface area contributed by atoms with Gasteiger partial charge in [-0.25, -0.2) is 0 Å². The highest BCUT2D eigenvalue weighted by Crippen LogP contribution is 2.35. The van der Waals surface area contributed by atoms with Crippen molar-refractivity contribution in [2.45, 2.75) is 65.1 Å². The molecule has 0 bridgehead atoms. The van der Waals surface area contributed by atoms with Crippen molar-refractivity contribution < 1.29 is 0 Å². The van der Waals surface area contributed by atoms with Gasteiger partial charge in [-0.1, -0.05) is 27.7 Å². The molecule has 0 spiro atoms. The van der Waals surface area contributed by atoms with Crippen molar-refractivity contribution in [1.29, 1.82) is 0 Å². The van der Waals surface area contributed by atoms with E-state index in [4.69, 9.17) is 0 Å². The van der Waals surface area contributed by atoms with Gasteiger partial charge in [0.25, 0.3) is 0 Å². The Morgan fingerprint density at radius 3 is 2.33 bits per heavy atom. The summed E-state index contributed by atoms with van der Waals surface area (Å²) in [5, 5.41) is 3.86. The average molecular weight is 296 g/mol. The molecule has 1 saturated heterocycles. The number of likely N-dealkylation sites (tertiary alicyclic amines) is 1. The van der Waals surface area contributed by atoms with Gasteiger partial charge in [-0.05, 0) is 57.7 Å². The molecular formula is C18H37N3. The third kappa shape index (κ3) is 4.00. The van der Waals surface area contributed by atoms with E-state index in [1.165, 1.54) is 38.9 Å². The lowest BCUT2D eigenvalue weighted by Crippen LogP contribution is -2.56. The molecule has 21 heavy (non-hydrogen) atoms. The molecular weight excluding hydrogens is 258 g/mol. The SMILES string of the molecule is CCCNC1CC(C)CC(C)C1N1CC(C)C(N(C)C)C1. The molecule has 0 amide bonds. The van der Waals surface area contributed by atoms with E-state index in [0.717, 1.165) is 29.8 Å². The predicted octanol–water partition coefficient (Wildman–Crippen LogP) is 2.67. The smallest absolute Gasteiger partial charge is 0.0275 e. The van der Waals surface area contributed by atoms with Crippen molar-refractivity contribution in [1.82, 2.24) is 15.1 Å². The summed E-state index contributed by atoms with van der Waals surface area (Å²) in [6.45, 7) is 13.3. The molecule has 2 rings (SSSR count). The summed E-state index contributed by atoms with van der Waals surface area (Å²) < 4.78 is 0. The van der Waals surface area contributed by atoms with Gasteiger partial charge in [0, 0.05) is 31.2 Å². The predicted molar refractivity (Wildman–Crippen MR) is 91.6 cm³/mol. The molecule has 6 atom stereocenters. The molecule has 1 aliphatic carbocycles. The van der Waals surface area contributed by atoms with E-state index in [1.54, 1.807) is 0 Å². The normalized spacial score (nSPS) is 41.9. The van der Waals surface area contributed by atoms with E-state index in [9.17, 15) is 0 Å². The fraction of sp³-hybridized carbons (Fsp3) is 1.00. The Labute approximate surface area is 132 Å². The minimum absolute atomic E-state index is 0.691. The van der Waals surface area contributed by atoms with Crippen molar-refractivity contribution in [3.05, 3.63) is 0 Å². The third-order valence-electron chi connectivity index (χ3n) is 5.77. The summed E-state index contributed by atoms with van der Waals surface area (Å²) in [6, 6.07) is 2.15. The van der Waals surface area contributed by atoms with Crippen LogP contribution in [0.25, 0.3) is 0 Å². The molecule has 1 saturated carbocycles. The highest BCUT2D eigenvalue weighted by Gasteiger charge is 2.42. The van der Waals surface area contributed by atoms with Crippen LogP contribution >= 0.6 is 0 Å². The molecule has 3 nitrogen and oxygen atoms in total. The van der Waals surface area contributed by atoms with Crippen LogP contribution in [-0.2, 0) is 0 Å². The molecule has 3 heteroatoms. The fourth-order valence-corrected chi connectivity index (χ4v) is 4.89. The first-order valence-corrected chi connectivity index (χ1v) is 9.07. The molecule has 0 radical (unpaired) electrons. The zero-order chi connectivity index (χ0) is 15.6. The lowest BCUT2D eigenvalue weighted by atomic mass is 9.76. The molecule has 124 valence electrons. The summed E-state index contributed by atoms with van der Waals surface area (Å²) >= 11 is 0. The summed E-state index contributed by atoms with van der Waals surface area (Å²) in [6.07, 6.45) is 3.99. The number of hydrogen-bond donors (Lipinski definition) is 1. The number of nitrogens with zero attached hydrogens (tertiary/aromatic N) is 2. The van der Waals surface area contributed by atoms with E-state index in [-0.39, 0.29) is 0 Å². The standard InChI is InChI=1S/C18H37N3/c1-7-8-19-16-10-13(2)9-14(3)18(16)21-11-15(4)17(12-21)20(5)6/h13-19H,7-12H2,1-6H3. The van der Waals surface area contributed by atoms with Crippen molar-refractivity contribution in [2.24, 2.45) is 17.8 Å². The van der Waals surface area contributed by atoms with Crippen molar-refractivity contribution in [3.8, 4) is 0 Å². The average Bonchev–Trinajstić information content (AvgIpc) is 2.77. The van der Waals surface area contributed by atoms with Gasteiger partial charge in [0.2, 0.25) is 0 Å².